The molecule has 3 rings (SSSR count). The van der Waals surface area contributed by atoms with Crippen LogP contribution < -0.4 is 21.3 Å². The van der Waals surface area contributed by atoms with Crippen molar-refractivity contribution < 1.29 is 24.5 Å². The fourth-order valence-electron chi connectivity index (χ4n) is 3.25. The van der Waals surface area contributed by atoms with Crippen LogP contribution in [0.4, 0.5) is 4.79 Å². The lowest BCUT2D eigenvalue weighted by Crippen LogP contribution is -2.56. The summed E-state index contributed by atoms with van der Waals surface area (Å²) in [5.41, 5.74) is -2.56. The first-order valence-corrected chi connectivity index (χ1v) is 10.6. The number of likely N-dealkylation sites (N-methyl/N-ethyl adjacent to an activating group) is 2. The van der Waals surface area contributed by atoms with Gasteiger partial charge in [0.15, 0.2) is 12.4 Å². The number of carbonyl (C=O) groups is 3. The molecule has 0 aromatic carbocycles. The van der Waals surface area contributed by atoms with E-state index in [-0.39, 0.29) is 26.2 Å². The zero-order valence-corrected chi connectivity index (χ0v) is 19.0. The Morgan fingerprint density at radius 3 is 1.67 bits per heavy atom. The van der Waals surface area contributed by atoms with Crippen molar-refractivity contribution in [2.75, 3.05) is 13.1 Å². The van der Waals surface area contributed by atoms with Gasteiger partial charge in [0.05, 0.1) is 0 Å². The summed E-state index contributed by atoms with van der Waals surface area (Å²) in [5, 5.41) is 12.6. The van der Waals surface area contributed by atoms with E-state index in [1.165, 1.54) is 0 Å². The number of hydrogen-bond acceptors (Lipinski definition) is 6. The summed E-state index contributed by atoms with van der Waals surface area (Å²) < 4.78 is 1.71. The number of nitrogens with zero attached hydrogens (tertiary/aromatic N) is 4. The molecule has 4 amide bonds. The number of nitrogens with one attached hydrogen (secondary N) is 1. The van der Waals surface area contributed by atoms with Gasteiger partial charge in [-0.2, -0.15) is 0 Å². The van der Waals surface area contributed by atoms with Crippen LogP contribution in [0.15, 0.2) is 45.8 Å². The van der Waals surface area contributed by atoms with E-state index < -0.39 is 46.1 Å². The average molecular weight is 457 g/mol. The highest BCUT2D eigenvalue weighted by molar-refractivity contribution is 6.30. The molecule has 2 aromatic rings. The predicted octanol–water partition coefficient (Wildman–Crippen LogP) is -0.162. The first-order valence-electron chi connectivity index (χ1n) is 10.6. The van der Waals surface area contributed by atoms with E-state index in [2.05, 4.69) is 4.98 Å². The second-order valence-corrected chi connectivity index (χ2v) is 6.81. The van der Waals surface area contributed by atoms with Crippen LogP contribution in [0.5, 0.6) is 5.88 Å². The molecule has 11 heteroatoms. The van der Waals surface area contributed by atoms with Crippen LogP contribution in [0.1, 0.15) is 33.3 Å². The molecule has 0 atom stereocenters. The summed E-state index contributed by atoms with van der Waals surface area (Å²) in [5.74, 6) is -2.64. The summed E-state index contributed by atoms with van der Waals surface area (Å²) in [4.78, 5) is 66.7. The Morgan fingerprint density at radius 1 is 0.788 bits per heavy atom. The minimum atomic E-state index is -0.881. The number of hydrogen-bond donors (Lipinski definition) is 0. The standard InChI is InChI=1S/C17H22N4O6.C5H5N/c1-5-18-12(22)10(13(23)19(6-2)16(18)26)9-11-14(24)20(7-3)17(27)21(8-4)15(11)25;1-2-4-6-5-3-1/h9,22H,5-8H2,1-4H3;1-5H. The van der Waals surface area contributed by atoms with Crippen molar-refractivity contribution in [3.63, 3.8) is 0 Å². The van der Waals surface area contributed by atoms with Crippen LogP contribution in [-0.2, 0) is 22.7 Å². The van der Waals surface area contributed by atoms with Gasteiger partial charge in [-0.15, -0.1) is 0 Å². The monoisotopic (exact) mass is 457 g/mol. The summed E-state index contributed by atoms with van der Waals surface area (Å²) in [6, 6.07) is 5.11. The molecule has 0 saturated carbocycles. The Balaban J connectivity index is 0.000000554. The molecule has 1 N–H and O–H groups in total. The molecule has 3 heterocycles. The van der Waals surface area contributed by atoms with Crippen LogP contribution in [0.2, 0.25) is 0 Å². The number of rotatable bonds is 5. The van der Waals surface area contributed by atoms with Crippen molar-refractivity contribution in [3.05, 3.63) is 62.6 Å². The number of carbonyl (C=O) groups excluding carboxylic acids is 3. The highest BCUT2D eigenvalue weighted by Gasteiger charge is 2.40. The molecule has 1 saturated heterocycles. The van der Waals surface area contributed by atoms with Crippen molar-refractivity contribution >= 4 is 23.9 Å². The number of barbiturate groups is 1. The second kappa shape index (κ2) is 11.0. The molecule has 0 aliphatic carbocycles. The van der Waals surface area contributed by atoms with E-state index in [9.17, 15) is 29.1 Å². The molecule has 0 spiro atoms. The number of aromatic nitrogens is 3. The third kappa shape index (κ3) is 4.92. The van der Waals surface area contributed by atoms with Crippen LogP contribution in [0, 0.1) is 0 Å². The van der Waals surface area contributed by atoms with E-state index in [4.69, 9.17) is 0 Å². The molecule has 11 nitrogen and oxygen atoms in total. The number of H-pyrrole nitrogens is 1. The summed E-state index contributed by atoms with van der Waals surface area (Å²) in [6.45, 7) is 6.37. The first-order chi connectivity index (χ1) is 15.7. The fraction of sp³-hybridized carbons (Fsp3) is 0.364. The number of pyridine rings is 1. The molecule has 0 radical (unpaired) electrons. The first kappa shape index (κ1) is 25.2. The van der Waals surface area contributed by atoms with Crippen LogP contribution >= 0.6 is 0 Å². The van der Waals surface area contributed by atoms with Crippen LogP contribution in [-0.4, -0.2) is 49.9 Å². The largest absolute Gasteiger partial charge is 0.859 e. The van der Waals surface area contributed by atoms with E-state index in [0.29, 0.717) is 0 Å². The Morgan fingerprint density at radius 2 is 1.30 bits per heavy atom. The summed E-state index contributed by atoms with van der Waals surface area (Å²) >= 11 is 0. The van der Waals surface area contributed by atoms with Crippen molar-refractivity contribution in [1.82, 2.24) is 18.9 Å². The second-order valence-electron chi connectivity index (χ2n) is 6.81. The van der Waals surface area contributed by atoms with Gasteiger partial charge in [-0.05, 0) is 39.7 Å². The molecule has 0 bridgehead atoms. The van der Waals surface area contributed by atoms with E-state index in [0.717, 1.165) is 25.0 Å². The maximum absolute atomic E-state index is 12.6. The van der Waals surface area contributed by atoms with Gasteiger partial charge in [0.25, 0.3) is 17.4 Å². The minimum absolute atomic E-state index is 0.0245. The highest BCUT2D eigenvalue weighted by Crippen LogP contribution is 2.21. The molecule has 1 aliphatic rings. The normalized spacial score (nSPS) is 13.7. The van der Waals surface area contributed by atoms with E-state index in [1.54, 1.807) is 27.7 Å². The van der Waals surface area contributed by atoms with Crippen LogP contribution in [0.3, 0.4) is 0 Å². The quantitative estimate of drug-likeness (QED) is 0.452. The topological polar surface area (TPSA) is 139 Å². The Hall–Kier alpha value is -4.02. The third-order valence-corrected chi connectivity index (χ3v) is 4.99. The number of amides is 4. The maximum Gasteiger partial charge on any atom is 0.333 e. The van der Waals surface area contributed by atoms with E-state index in [1.807, 2.05) is 30.6 Å². The zero-order chi connectivity index (χ0) is 24.7. The minimum Gasteiger partial charge on any atom is -0.859 e. The Labute approximate surface area is 190 Å². The molecule has 1 fully saturated rings. The third-order valence-electron chi connectivity index (χ3n) is 4.99. The van der Waals surface area contributed by atoms with Crippen molar-refractivity contribution in [2.45, 2.75) is 40.8 Å². The summed E-state index contributed by atoms with van der Waals surface area (Å²) in [7, 11) is 0. The van der Waals surface area contributed by atoms with Gasteiger partial charge in [-0.3, -0.25) is 28.8 Å². The smallest absolute Gasteiger partial charge is 0.333 e. The van der Waals surface area contributed by atoms with Gasteiger partial charge >= 0.3 is 11.7 Å². The maximum atomic E-state index is 12.6. The Bertz CT molecular complexity index is 1130. The van der Waals surface area contributed by atoms with Gasteiger partial charge in [-0.1, -0.05) is 6.07 Å². The number of urea groups is 1. The fourth-order valence-corrected chi connectivity index (χ4v) is 3.25. The van der Waals surface area contributed by atoms with Gasteiger partial charge in [0.1, 0.15) is 5.57 Å². The number of aromatic amines is 1. The molecule has 0 unspecified atom stereocenters. The molecule has 1 aliphatic heterocycles. The van der Waals surface area contributed by atoms with Crippen molar-refractivity contribution in [3.8, 4) is 5.88 Å². The Kier molecular flexibility index (Phi) is 8.43. The van der Waals surface area contributed by atoms with Crippen LogP contribution in [0.25, 0.3) is 6.08 Å². The lowest BCUT2D eigenvalue weighted by atomic mass is 10.1. The molecule has 2 aromatic heterocycles. The lowest BCUT2D eigenvalue weighted by molar-refractivity contribution is -0.377. The molecule has 176 valence electrons. The predicted molar refractivity (Wildman–Crippen MR) is 117 cm³/mol. The molecular weight excluding hydrogens is 430 g/mol. The highest BCUT2D eigenvalue weighted by atomic mass is 16.3. The van der Waals surface area contributed by atoms with Gasteiger partial charge < -0.3 is 9.67 Å². The van der Waals surface area contributed by atoms with Gasteiger partial charge in [0, 0.05) is 43.9 Å². The van der Waals surface area contributed by atoms with Crippen molar-refractivity contribution in [1.29, 1.82) is 0 Å². The van der Waals surface area contributed by atoms with Crippen molar-refractivity contribution in [2.24, 2.45) is 0 Å². The zero-order valence-electron chi connectivity index (χ0n) is 19.0. The van der Waals surface area contributed by atoms with Gasteiger partial charge in [0.2, 0.25) is 0 Å². The SMILES string of the molecule is CCN1C(=O)C(=Cc2c([O-])n(CC)c(=O)n(CC)c2=O)C(=O)N(CC)C1=O.c1cc[nH+]cc1. The average Bonchev–Trinajstić information content (AvgIpc) is 2.81. The van der Waals surface area contributed by atoms with E-state index >= 15 is 0 Å². The summed E-state index contributed by atoms with van der Waals surface area (Å²) in [6.07, 6.45) is 4.64. The molecular formula is C22H27N5O6. The lowest BCUT2D eigenvalue weighted by Gasteiger charge is -2.32. The van der Waals surface area contributed by atoms with Gasteiger partial charge in [-0.25, -0.2) is 14.6 Å². The number of imide groups is 2. The molecule has 33 heavy (non-hydrogen) atoms.